The summed E-state index contributed by atoms with van der Waals surface area (Å²) in [5.41, 5.74) is 0. The Labute approximate surface area is 187 Å². The zero-order valence-electron chi connectivity index (χ0n) is 17.5. The maximum absolute atomic E-state index is 10.3. The van der Waals surface area contributed by atoms with Crippen molar-refractivity contribution in [3.8, 4) is 0 Å². The Morgan fingerprint density at radius 2 is 1.21 bits per heavy atom. The van der Waals surface area contributed by atoms with Crippen LogP contribution in [0.15, 0.2) is 0 Å². The Hall–Kier alpha value is -0.600. The molecule has 7 unspecified atom stereocenters. The lowest BCUT2D eigenvalue weighted by Crippen LogP contribution is -2.62. The van der Waals surface area contributed by atoms with Crippen LogP contribution in [0.2, 0.25) is 0 Å². The monoisotopic (exact) mass is 488 g/mol. The number of hydrogen-bond donors (Lipinski definition) is 10. The molecule has 0 spiro atoms. The topological polar surface area (TPSA) is 248 Å². The molecular formula is C18H32O15. The third kappa shape index (κ3) is 5.48. The standard InChI is InChI=1S/C18H32O15/c19-2-7-6(22)1-18(5-21,32-7)33-17-15(28)13(26)11(24)9(31-17)4-29-16-14(27)12(25)10(23)8(3-20)30-16/h6-17,19-28H,1-5H2/t6?,7-,8?,9?,10+,11+,12?,13?,14?,15?,16-,17+,18+/m0/s1. The second-order valence-corrected chi connectivity index (χ2v) is 8.34. The van der Waals surface area contributed by atoms with E-state index in [-0.39, 0.29) is 6.42 Å². The molecule has 3 rings (SSSR count). The molecule has 0 bridgehead atoms. The van der Waals surface area contributed by atoms with Gasteiger partial charge in [-0.2, -0.15) is 0 Å². The van der Waals surface area contributed by atoms with Gasteiger partial charge in [0.15, 0.2) is 18.4 Å². The van der Waals surface area contributed by atoms with Gasteiger partial charge in [-0.25, -0.2) is 0 Å². The minimum Gasteiger partial charge on any atom is -0.394 e. The normalized spacial score (nSPS) is 51.1. The van der Waals surface area contributed by atoms with E-state index in [0.717, 1.165) is 0 Å². The summed E-state index contributed by atoms with van der Waals surface area (Å²) in [5.74, 6) is -1.87. The van der Waals surface area contributed by atoms with Crippen molar-refractivity contribution in [2.45, 2.75) is 85.8 Å². The lowest BCUT2D eigenvalue weighted by Gasteiger charge is -2.44. The van der Waals surface area contributed by atoms with Gasteiger partial charge in [-0.15, -0.1) is 0 Å². The van der Waals surface area contributed by atoms with Crippen LogP contribution in [0.3, 0.4) is 0 Å². The highest BCUT2D eigenvalue weighted by atomic mass is 16.8. The number of ether oxygens (including phenoxy) is 5. The fraction of sp³-hybridized carbons (Fsp3) is 1.00. The molecule has 0 aromatic heterocycles. The summed E-state index contributed by atoms with van der Waals surface area (Å²) in [6.45, 7) is -2.62. The summed E-state index contributed by atoms with van der Waals surface area (Å²) >= 11 is 0. The number of aliphatic hydroxyl groups excluding tert-OH is 10. The van der Waals surface area contributed by atoms with Crippen molar-refractivity contribution in [3.05, 3.63) is 0 Å². The molecule has 3 saturated heterocycles. The third-order valence-electron chi connectivity index (χ3n) is 6.01. The molecule has 0 aromatic rings. The SMILES string of the molecule is OCC1O[C@H](OCC2O[C@H](O[C@@]3(CO)CC(O)[C@H](CO)O3)C(O)C(O)[C@@H]2O)C(O)C(O)[C@@H]1O. The first-order valence-electron chi connectivity index (χ1n) is 10.4. The quantitative estimate of drug-likeness (QED) is 0.152. The van der Waals surface area contributed by atoms with Gasteiger partial charge < -0.3 is 74.7 Å². The highest BCUT2D eigenvalue weighted by Gasteiger charge is 2.53. The van der Waals surface area contributed by atoms with Crippen LogP contribution >= 0.6 is 0 Å². The number of hydrogen-bond acceptors (Lipinski definition) is 15. The van der Waals surface area contributed by atoms with Crippen LogP contribution in [-0.4, -0.2) is 157 Å². The molecule has 0 aliphatic carbocycles. The van der Waals surface area contributed by atoms with Gasteiger partial charge in [0.2, 0.25) is 0 Å². The van der Waals surface area contributed by atoms with Gasteiger partial charge >= 0.3 is 0 Å². The van der Waals surface area contributed by atoms with Gasteiger partial charge in [-0.3, -0.25) is 0 Å². The molecule has 3 heterocycles. The molecule has 0 amide bonds. The first kappa shape index (κ1) is 27.0. The summed E-state index contributed by atoms with van der Waals surface area (Å²) in [6.07, 6.45) is -18.7. The van der Waals surface area contributed by atoms with E-state index >= 15 is 0 Å². The van der Waals surface area contributed by atoms with Gasteiger partial charge in [-0.05, 0) is 0 Å². The first-order valence-corrected chi connectivity index (χ1v) is 10.4. The molecule has 0 saturated carbocycles. The molecule has 15 nitrogen and oxygen atoms in total. The Morgan fingerprint density at radius 1 is 0.667 bits per heavy atom. The Kier molecular flexibility index (Phi) is 8.99. The van der Waals surface area contributed by atoms with E-state index in [1.54, 1.807) is 0 Å². The zero-order chi connectivity index (χ0) is 24.5. The second-order valence-electron chi connectivity index (χ2n) is 8.34. The highest BCUT2D eigenvalue weighted by molar-refractivity contribution is 4.94. The van der Waals surface area contributed by atoms with Gasteiger partial charge in [0.25, 0.3) is 0 Å². The third-order valence-corrected chi connectivity index (χ3v) is 6.01. The molecule has 33 heavy (non-hydrogen) atoms. The molecule has 13 atom stereocenters. The highest BCUT2D eigenvalue weighted by Crippen LogP contribution is 2.35. The summed E-state index contributed by atoms with van der Waals surface area (Å²) < 4.78 is 26.8. The Balaban J connectivity index is 1.66. The number of aliphatic hydroxyl groups is 10. The Morgan fingerprint density at radius 3 is 1.76 bits per heavy atom. The summed E-state index contributed by atoms with van der Waals surface area (Å²) in [5, 5.41) is 98.6. The van der Waals surface area contributed by atoms with Crippen LogP contribution < -0.4 is 0 Å². The maximum Gasteiger partial charge on any atom is 0.197 e. The van der Waals surface area contributed by atoms with Crippen molar-refractivity contribution in [1.29, 1.82) is 0 Å². The van der Waals surface area contributed by atoms with Crippen LogP contribution in [0.5, 0.6) is 0 Å². The molecule has 0 radical (unpaired) electrons. The number of rotatable bonds is 8. The summed E-state index contributed by atoms with van der Waals surface area (Å²) in [6, 6.07) is 0. The van der Waals surface area contributed by atoms with Crippen LogP contribution in [0.1, 0.15) is 6.42 Å². The minimum absolute atomic E-state index is 0.286. The van der Waals surface area contributed by atoms with E-state index in [0.29, 0.717) is 0 Å². The van der Waals surface area contributed by atoms with Crippen LogP contribution in [0, 0.1) is 0 Å². The van der Waals surface area contributed by atoms with Crippen molar-refractivity contribution >= 4 is 0 Å². The van der Waals surface area contributed by atoms with Crippen molar-refractivity contribution in [3.63, 3.8) is 0 Å². The predicted octanol–water partition coefficient (Wildman–Crippen LogP) is -6.54. The lowest BCUT2D eigenvalue weighted by atomic mass is 9.98. The molecule has 15 heteroatoms. The molecule has 194 valence electrons. The molecule has 3 fully saturated rings. The summed E-state index contributed by atoms with van der Waals surface area (Å²) in [7, 11) is 0. The molecule has 3 aliphatic heterocycles. The fourth-order valence-corrected chi connectivity index (χ4v) is 3.98. The minimum atomic E-state index is -1.87. The van der Waals surface area contributed by atoms with E-state index in [1.165, 1.54) is 0 Å². The molecule has 0 aromatic carbocycles. The van der Waals surface area contributed by atoms with Crippen LogP contribution in [0.25, 0.3) is 0 Å². The van der Waals surface area contributed by atoms with Crippen molar-refractivity contribution in [2.24, 2.45) is 0 Å². The van der Waals surface area contributed by atoms with E-state index in [1.807, 2.05) is 0 Å². The van der Waals surface area contributed by atoms with E-state index in [4.69, 9.17) is 23.7 Å². The van der Waals surface area contributed by atoms with Crippen molar-refractivity contribution in [1.82, 2.24) is 0 Å². The van der Waals surface area contributed by atoms with E-state index in [2.05, 4.69) is 0 Å². The lowest BCUT2D eigenvalue weighted by molar-refractivity contribution is -0.377. The average molecular weight is 488 g/mol. The molecule has 10 N–H and O–H groups in total. The Bertz CT molecular complexity index is 624. The largest absolute Gasteiger partial charge is 0.394 e. The maximum atomic E-state index is 10.3. The summed E-state index contributed by atoms with van der Waals surface area (Å²) in [4.78, 5) is 0. The fourth-order valence-electron chi connectivity index (χ4n) is 3.98. The van der Waals surface area contributed by atoms with Crippen LogP contribution in [0.4, 0.5) is 0 Å². The zero-order valence-corrected chi connectivity index (χ0v) is 17.5. The average Bonchev–Trinajstić information content (AvgIpc) is 3.13. The molecular weight excluding hydrogens is 456 g/mol. The predicted molar refractivity (Wildman–Crippen MR) is 99.9 cm³/mol. The molecule has 3 aliphatic rings. The van der Waals surface area contributed by atoms with Gasteiger partial charge in [0, 0.05) is 6.42 Å². The smallest absolute Gasteiger partial charge is 0.197 e. The van der Waals surface area contributed by atoms with Crippen molar-refractivity contribution < 1.29 is 74.7 Å². The van der Waals surface area contributed by atoms with E-state index < -0.39 is 106 Å². The van der Waals surface area contributed by atoms with Crippen LogP contribution in [-0.2, 0) is 23.7 Å². The second kappa shape index (κ2) is 11.0. The van der Waals surface area contributed by atoms with Crippen molar-refractivity contribution in [2.75, 3.05) is 26.4 Å². The van der Waals surface area contributed by atoms with E-state index in [9.17, 15) is 51.1 Å². The van der Waals surface area contributed by atoms with Gasteiger partial charge in [0.05, 0.1) is 32.5 Å². The van der Waals surface area contributed by atoms with Gasteiger partial charge in [0.1, 0.15) is 54.9 Å². The van der Waals surface area contributed by atoms with Gasteiger partial charge in [-0.1, -0.05) is 0 Å². The first-order chi connectivity index (χ1) is 15.6.